The SMILES string of the molecule is CC#CC(=O)NCCSc1c(C)[nH]c2ccccc12. The minimum Gasteiger partial charge on any atom is -0.358 e. The third-order valence-corrected chi connectivity index (χ3v) is 3.93. The van der Waals surface area contributed by atoms with Gasteiger partial charge in [-0.25, -0.2) is 0 Å². The zero-order valence-corrected chi connectivity index (χ0v) is 11.9. The van der Waals surface area contributed by atoms with Gasteiger partial charge in [0, 0.05) is 33.8 Å². The second-order valence-corrected chi connectivity index (χ2v) is 5.21. The minimum absolute atomic E-state index is 0.209. The molecule has 0 spiro atoms. The van der Waals surface area contributed by atoms with E-state index in [0.717, 1.165) is 11.3 Å². The predicted molar refractivity (Wildman–Crippen MR) is 80.2 cm³/mol. The first kappa shape index (κ1) is 13.6. The number of para-hydroxylation sites is 1. The van der Waals surface area contributed by atoms with E-state index >= 15 is 0 Å². The molecule has 0 atom stereocenters. The summed E-state index contributed by atoms with van der Waals surface area (Å²) in [6.07, 6.45) is 0. The number of hydrogen-bond donors (Lipinski definition) is 2. The molecule has 0 aliphatic rings. The molecule has 1 amide bonds. The molecule has 1 aromatic heterocycles. The van der Waals surface area contributed by atoms with Crippen LogP contribution in [-0.2, 0) is 4.79 Å². The van der Waals surface area contributed by atoms with Crippen molar-refractivity contribution in [1.82, 2.24) is 10.3 Å². The zero-order chi connectivity index (χ0) is 13.7. The summed E-state index contributed by atoms with van der Waals surface area (Å²) in [6, 6.07) is 8.25. The number of rotatable bonds is 4. The fraction of sp³-hybridized carbons (Fsp3) is 0.267. The molecule has 0 unspecified atom stereocenters. The third-order valence-electron chi connectivity index (χ3n) is 2.71. The van der Waals surface area contributed by atoms with E-state index in [2.05, 4.69) is 41.2 Å². The van der Waals surface area contributed by atoms with Gasteiger partial charge in [-0.05, 0) is 25.8 Å². The maximum Gasteiger partial charge on any atom is 0.295 e. The minimum atomic E-state index is -0.209. The molecule has 0 bridgehead atoms. The van der Waals surface area contributed by atoms with E-state index in [0.29, 0.717) is 6.54 Å². The normalized spacial score (nSPS) is 10.0. The Kier molecular flexibility index (Phi) is 4.53. The molecule has 2 aromatic rings. The summed E-state index contributed by atoms with van der Waals surface area (Å²) >= 11 is 1.75. The fourth-order valence-corrected chi connectivity index (χ4v) is 2.92. The average Bonchev–Trinajstić information content (AvgIpc) is 2.71. The van der Waals surface area contributed by atoms with Crippen LogP contribution in [0.25, 0.3) is 10.9 Å². The number of thioether (sulfide) groups is 1. The Labute approximate surface area is 117 Å². The molecule has 19 heavy (non-hydrogen) atoms. The molecule has 4 heteroatoms. The quantitative estimate of drug-likeness (QED) is 0.510. The van der Waals surface area contributed by atoms with Gasteiger partial charge < -0.3 is 10.3 Å². The number of aryl methyl sites for hydroxylation is 1. The number of carbonyl (C=O) groups is 1. The summed E-state index contributed by atoms with van der Waals surface area (Å²) in [5.41, 5.74) is 2.33. The van der Waals surface area contributed by atoms with Crippen LogP contribution < -0.4 is 5.32 Å². The highest BCUT2D eigenvalue weighted by atomic mass is 32.2. The van der Waals surface area contributed by atoms with Crippen molar-refractivity contribution in [3.05, 3.63) is 30.0 Å². The Bertz CT molecular complexity index is 649. The van der Waals surface area contributed by atoms with Crippen molar-refractivity contribution in [2.24, 2.45) is 0 Å². The molecular formula is C15H16N2OS. The number of nitrogens with one attached hydrogen (secondary N) is 2. The van der Waals surface area contributed by atoms with Gasteiger partial charge in [-0.3, -0.25) is 4.79 Å². The van der Waals surface area contributed by atoms with Crippen LogP contribution in [0.3, 0.4) is 0 Å². The van der Waals surface area contributed by atoms with E-state index in [1.165, 1.54) is 16.0 Å². The average molecular weight is 272 g/mol. The number of aromatic nitrogens is 1. The van der Waals surface area contributed by atoms with E-state index in [1.807, 2.05) is 12.1 Å². The van der Waals surface area contributed by atoms with E-state index in [-0.39, 0.29) is 5.91 Å². The van der Waals surface area contributed by atoms with Crippen LogP contribution in [0.15, 0.2) is 29.2 Å². The van der Waals surface area contributed by atoms with Crippen molar-refractivity contribution >= 4 is 28.6 Å². The molecule has 2 rings (SSSR count). The van der Waals surface area contributed by atoms with Crippen molar-refractivity contribution in [3.8, 4) is 11.8 Å². The lowest BCUT2D eigenvalue weighted by molar-refractivity contribution is -0.115. The molecule has 0 saturated heterocycles. The number of fused-ring (bicyclic) bond motifs is 1. The highest BCUT2D eigenvalue weighted by Gasteiger charge is 2.07. The second kappa shape index (κ2) is 6.35. The van der Waals surface area contributed by atoms with E-state index in [4.69, 9.17) is 0 Å². The second-order valence-electron chi connectivity index (χ2n) is 4.10. The third kappa shape index (κ3) is 3.33. The van der Waals surface area contributed by atoms with Crippen LogP contribution in [0, 0.1) is 18.8 Å². The Morgan fingerprint density at radius 3 is 3.00 bits per heavy atom. The van der Waals surface area contributed by atoms with E-state index in [1.54, 1.807) is 18.7 Å². The molecule has 98 valence electrons. The van der Waals surface area contributed by atoms with E-state index < -0.39 is 0 Å². The Hall–Kier alpha value is -1.86. The van der Waals surface area contributed by atoms with E-state index in [9.17, 15) is 4.79 Å². The first-order valence-electron chi connectivity index (χ1n) is 6.13. The molecular weight excluding hydrogens is 256 g/mol. The smallest absolute Gasteiger partial charge is 0.295 e. The van der Waals surface area contributed by atoms with Gasteiger partial charge in [0.2, 0.25) is 0 Å². The Morgan fingerprint density at radius 2 is 2.21 bits per heavy atom. The van der Waals surface area contributed by atoms with Crippen molar-refractivity contribution in [1.29, 1.82) is 0 Å². The molecule has 0 saturated carbocycles. The number of aromatic amines is 1. The summed E-state index contributed by atoms with van der Waals surface area (Å²) in [7, 11) is 0. The molecule has 3 nitrogen and oxygen atoms in total. The topological polar surface area (TPSA) is 44.9 Å². The fourth-order valence-electron chi connectivity index (χ4n) is 1.91. The lowest BCUT2D eigenvalue weighted by atomic mass is 10.2. The van der Waals surface area contributed by atoms with Gasteiger partial charge in [0.05, 0.1) is 0 Å². The lowest BCUT2D eigenvalue weighted by Gasteiger charge is -2.02. The van der Waals surface area contributed by atoms with Gasteiger partial charge >= 0.3 is 0 Å². The van der Waals surface area contributed by atoms with Crippen molar-refractivity contribution < 1.29 is 4.79 Å². The number of H-pyrrole nitrogens is 1. The van der Waals surface area contributed by atoms with Crippen LogP contribution in [0.2, 0.25) is 0 Å². The summed E-state index contributed by atoms with van der Waals surface area (Å²) in [6.45, 7) is 4.35. The van der Waals surface area contributed by atoms with Gasteiger partial charge in [-0.1, -0.05) is 24.1 Å². The first-order valence-corrected chi connectivity index (χ1v) is 7.11. The summed E-state index contributed by atoms with van der Waals surface area (Å²) in [5.74, 6) is 5.67. The maximum absolute atomic E-state index is 11.2. The van der Waals surface area contributed by atoms with Crippen LogP contribution in [0.5, 0.6) is 0 Å². The van der Waals surface area contributed by atoms with Crippen molar-refractivity contribution in [3.63, 3.8) is 0 Å². The molecule has 2 N–H and O–H groups in total. The lowest BCUT2D eigenvalue weighted by Crippen LogP contribution is -2.23. The highest BCUT2D eigenvalue weighted by molar-refractivity contribution is 7.99. The molecule has 0 fully saturated rings. The van der Waals surface area contributed by atoms with Crippen molar-refractivity contribution in [2.75, 3.05) is 12.3 Å². The van der Waals surface area contributed by atoms with Gasteiger partial charge in [-0.2, -0.15) is 0 Å². The zero-order valence-electron chi connectivity index (χ0n) is 11.0. The van der Waals surface area contributed by atoms with Crippen LogP contribution in [-0.4, -0.2) is 23.2 Å². The summed E-state index contributed by atoms with van der Waals surface area (Å²) in [4.78, 5) is 15.8. The van der Waals surface area contributed by atoms with Gasteiger partial charge in [0.15, 0.2) is 0 Å². The number of carbonyl (C=O) groups excluding carboxylic acids is 1. The van der Waals surface area contributed by atoms with Crippen LogP contribution in [0.1, 0.15) is 12.6 Å². The monoisotopic (exact) mass is 272 g/mol. The standard InChI is InChI=1S/C15H16N2OS/c1-3-6-14(18)16-9-10-19-15-11(2)17-13-8-5-4-7-12(13)15/h4-5,7-8,17H,9-10H2,1-2H3,(H,16,18). The summed E-state index contributed by atoms with van der Waals surface area (Å²) in [5, 5.41) is 4.01. The first-order chi connectivity index (χ1) is 9.22. The molecule has 0 aliphatic heterocycles. The predicted octanol–water partition coefficient (Wildman–Crippen LogP) is 2.71. The molecule has 1 aromatic carbocycles. The van der Waals surface area contributed by atoms with Crippen LogP contribution in [0.4, 0.5) is 0 Å². The van der Waals surface area contributed by atoms with Crippen LogP contribution >= 0.6 is 11.8 Å². The van der Waals surface area contributed by atoms with Gasteiger partial charge in [0.25, 0.3) is 5.91 Å². The Balaban J connectivity index is 1.96. The highest BCUT2D eigenvalue weighted by Crippen LogP contribution is 2.30. The molecule has 0 aliphatic carbocycles. The molecule has 0 radical (unpaired) electrons. The summed E-state index contributed by atoms with van der Waals surface area (Å²) < 4.78 is 0. The largest absolute Gasteiger partial charge is 0.358 e. The van der Waals surface area contributed by atoms with Crippen molar-refractivity contribution in [2.45, 2.75) is 18.7 Å². The van der Waals surface area contributed by atoms with Gasteiger partial charge in [0.1, 0.15) is 0 Å². The number of hydrogen-bond acceptors (Lipinski definition) is 2. The molecule has 1 heterocycles. The Morgan fingerprint density at radius 1 is 1.42 bits per heavy atom. The van der Waals surface area contributed by atoms with Gasteiger partial charge in [-0.15, -0.1) is 11.8 Å². The number of amides is 1. The number of benzene rings is 1. The maximum atomic E-state index is 11.2.